The summed E-state index contributed by atoms with van der Waals surface area (Å²) >= 11 is 1.73. The molecule has 0 aliphatic carbocycles. The van der Waals surface area contributed by atoms with Gasteiger partial charge in [-0.15, -0.1) is 11.3 Å². The quantitative estimate of drug-likeness (QED) is 0.189. The SMILES string of the molecule is c1ccc(-n2c(-n3c4ccc(-c5nc6ccccc6o5)cc4c4cc(-c5nc6cc7ccccc7cc6s5)ccc43)nc3ccccc32)cc1. The predicted molar refractivity (Wildman–Crippen MR) is 205 cm³/mol. The van der Waals surface area contributed by atoms with E-state index in [1.165, 1.54) is 15.5 Å². The lowest BCUT2D eigenvalue weighted by molar-refractivity contribution is 0.620. The van der Waals surface area contributed by atoms with E-state index in [9.17, 15) is 0 Å². The molecule has 0 N–H and O–H groups in total. The number of para-hydroxylation sites is 5. The zero-order valence-electron chi connectivity index (χ0n) is 26.5. The summed E-state index contributed by atoms with van der Waals surface area (Å²) in [5, 5.41) is 5.60. The lowest BCUT2D eigenvalue weighted by Crippen LogP contribution is -2.05. The van der Waals surface area contributed by atoms with Crippen LogP contribution in [0.5, 0.6) is 0 Å². The summed E-state index contributed by atoms with van der Waals surface area (Å²) < 4.78 is 11.9. The second-order valence-corrected chi connectivity index (χ2v) is 13.6. The molecule has 11 rings (SSSR count). The van der Waals surface area contributed by atoms with Gasteiger partial charge in [-0.2, -0.15) is 0 Å². The molecule has 6 nitrogen and oxygen atoms in total. The number of fused-ring (bicyclic) bond motifs is 7. The smallest absolute Gasteiger partial charge is 0.227 e. The zero-order valence-corrected chi connectivity index (χ0v) is 27.3. The molecule has 4 heterocycles. The van der Waals surface area contributed by atoms with Gasteiger partial charge in [0.15, 0.2) is 5.58 Å². The largest absolute Gasteiger partial charge is 0.436 e. The van der Waals surface area contributed by atoms with Gasteiger partial charge in [0.1, 0.15) is 10.5 Å². The first-order valence-corrected chi connectivity index (χ1v) is 17.3. The van der Waals surface area contributed by atoms with E-state index in [4.69, 9.17) is 19.4 Å². The lowest BCUT2D eigenvalue weighted by Gasteiger charge is -2.12. The zero-order chi connectivity index (χ0) is 32.8. The maximum Gasteiger partial charge on any atom is 0.227 e. The molecule has 7 heteroatoms. The van der Waals surface area contributed by atoms with Crippen LogP contribution in [0.2, 0.25) is 0 Å². The summed E-state index contributed by atoms with van der Waals surface area (Å²) in [6.45, 7) is 0. The third-order valence-corrected chi connectivity index (χ3v) is 10.6. The highest BCUT2D eigenvalue weighted by Crippen LogP contribution is 2.40. The Morgan fingerprint density at radius 2 is 1.16 bits per heavy atom. The van der Waals surface area contributed by atoms with Gasteiger partial charge in [0.25, 0.3) is 0 Å². The summed E-state index contributed by atoms with van der Waals surface area (Å²) in [5.41, 5.74) is 9.74. The first-order valence-electron chi connectivity index (χ1n) is 16.5. The average Bonchev–Trinajstić information content (AvgIpc) is 3.95. The highest BCUT2D eigenvalue weighted by atomic mass is 32.1. The second-order valence-electron chi connectivity index (χ2n) is 12.5. The molecule has 0 bridgehead atoms. The molecular weight excluding hydrogens is 635 g/mol. The van der Waals surface area contributed by atoms with Gasteiger partial charge in [-0.3, -0.25) is 9.13 Å². The van der Waals surface area contributed by atoms with Gasteiger partial charge < -0.3 is 4.42 Å². The number of imidazole rings is 1. The molecule has 4 aromatic heterocycles. The summed E-state index contributed by atoms with van der Waals surface area (Å²) in [5.74, 6) is 1.42. The standard InChI is InChI=1S/C43H25N5OS/c1-2-12-30(13-3-1)47-38-16-8-6-14-33(38)46-43(47)48-36-20-18-28(41-44-34-15-7-9-17-39(34)49-41)22-31(36)32-23-29(19-21-37(32)48)42-45-35-24-26-10-4-5-11-27(26)25-40(35)50-42/h1-25H. The molecule has 0 fully saturated rings. The Bertz CT molecular complexity index is 3030. The van der Waals surface area contributed by atoms with Gasteiger partial charge in [0, 0.05) is 27.6 Å². The Morgan fingerprint density at radius 1 is 0.480 bits per heavy atom. The number of oxazole rings is 1. The molecule has 11 aromatic rings. The molecular formula is C43H25N5OS. The highest BCUT2D eigenvalue weighted by molar-refractivity contribution is 7.21. The fourth-order valence-electron chi connectivity index (χ4n) is 7.23. The van der Waals surface area contributed by atoms with Gasteiger partial charge in [0.2, 0.25) is 11.8 Å². The molecule has 0 aliphatic heterocycles. The van der Waals surface area contributed by atoms with Gasteiger partial charge in [-0.1, -0.05) is 66.7 Å². The average molecular weight is 660 g/mol. The Morgan fingerprint density at radius 3 is 1.98 bits per heavy atom. The monoisotopic (exact) mass is 659 g/mol. The van der Waals surface area contributed by atoms with Crippen molar-refractivity contribution >= 4 is 76.3 Å². The van der Waals surface area contributed by atoms with Gasteiger partial charge in [-0.05, 0) is 95.7 Å². The van der Waals surface area contributed by atoms with Crippen molar-refractivity contribution in [1.29, 1.82) is 0 Å². The highest BCUT2D eigenvalue weighted by Gasteiger charge is 2.22. The van der Waals surface area contributed by atoms with Crippen molar-refractivity contribution in [3.8, 4) is 33.7 Å². The molecule has 0 saturated carbocycles. The van der Waals surface area contributed by atoms with Crippen molar-refractivity contribution in [2.75, 3.05) is 0 Å². The van der Waals surface area contributed by atoms with Crippen molar-refractivity contribution in [2.45, 2.75) is 0 Å². The number of hydrogen-bond donors (Lipinski definition) is 0. The first kappa shape index (κ1) is 27.4. The summed E-state index contributed by atoms with van der Waals surface area (Å²) in [6.07, 6.45) is 0. The van der Waals surface area contributed by atoms with E-state index >= 15 is 0 Å². The van der Waals surface area contributed by atoms with Crippen LogP contribution in [0.3, 0.4) is 0 Å². The van der Waals surface area contributed by atoms with Crippen LogP contribution in [0, 0.1) is 0 Å². The van der Waals surface area contributed by atoms with E-state index in [2.05, 4.69) is 124 Å². The Hall–Kier alpha value is -6.57. The lowest BCUT2D eigenvalue weighted by atomic mass is 10.1. The molecule has 234 valence electrons. The molecule has 0 saturated heterocycles. The third-order valence-electron chi connectivity index (χ3n) is 9.57. The number of hydrogen-bond acceptors (Lipinski definition) is 5. The Kier molecular flexibility index (Phi) is 5.73. The van der Waals surface area contributed by atoms with Crippen LogP contribution in [-0.2, 0) is 0 Å². The summed E-state index contributed by atoms with van der Waals surface area (Å²) in [4.78, 5) is 15.2. The van der Waals surface area contributed by atoms with Crippen molar-refractivity contribution in [3.05, 3.63) is 152 Å². The van der Waals surface area contributed by atoms with Crippen molar-refractivity contribution < 1.29 is 4.42 Å². The van der Waals surface area contributed by atoms with E-state index < -0.39 is 0 Å². The fraction of sp³-hybridized carbons (Fsp3) is 0. The minimum atomic E-state index is 0.597. The minimum Gasteiger partial charge on any atom is -0.436 e. The summed E-state index contributed by atoms with van der Waals surface area (Å²) in [7, 11) is 0. The molecule has 0 spiro atoms. The van der Waals surface area contributed by atoms with Crippen LogP contribution in [-0.4, -0.2) is 24.1 Å². The second kappa shape index (κ2) is 10.5. The summed E-state index contributed by atoms with van der Waals surface area (Å²) in [6, 6.07) is 52.7. The molecule has 0 radical (unpaired) electrons. The van der Waals surface area contributed by atoms with Gasteiger partial charge in [-0.25, -0.2) is 15.0 Å². The topological polar surface area (TPSA) is 61.7 Å². The maximum atomic E-state index is 6.24. The third kappa shape index (κ3) is 4.11. The number of benzene rings is 7. The molecule has 7 aromatic carbocycles. The predicted octanol–water partition coefficient (Wildman–Crippen LogP) is 11.4. The van der Waals surface area contributed by atoms with E-state index in [0.717, 1.165) is 77.2 Å². The van der Waals surface area contributed by atoms with Gasteiger partial charge in [0.05, 0.1) is 32.3 Å². The first-order chi connectivity index (χ1) is 24.7. The number of aromatic nitrogens is 5. The van der Waals surface area contributed by atoms with Crippen LogP contribution in [0.15, 0.2) is 156 Å². The number of rotatable bonds is 4. The van der Waals surface area contributed by atoms with E-state index in [1.54, 1.807) is 11.3 Å². The fourth-order valence-corrected chi connectivity index (χ4v) is 8.22. The Balaban J connectivity index is 1.19. The molecule has 50 heavy (non-hydrogen) atoms. The van der Waals surface area contributed by atoms with Crippen LogP contribution < -0.4 is 0 Å². The Labute approximate surface area is 289 Å². The van der Waals surface area contributed by atoms with Gasteiger partial charge >= 0.3 is 0 Å². The van der Waals surface area contributed by atoms with Crippen molar-refractivity contribution in [1.82, 2.24) is 24.1 Å². The van der Waals surface area contributed by atoms with E-state index in [0.29, 0.717) is 5.89 Å². The number of thiazole rings is 1. The normalized spacial score (nSPS) is 12.0. The van der Waals surface area contributed by atoms with Crippen molar-refractivity contribution in [2.24, 2.45) is 0 Å². The van der Waals surface area contributed by atoms with Crippen LogP contribution in [0.4, 0.5) is 0 Å². The maximum absolute atomic E-state index is 6.24. The minimum absolute atomic E-state index is 0.597. The molecule has 0 aliphatic rings. The van der Waals surface area contributed by atoms with Crippen LogP contribution in [0.25, 0.3) is 98.6 Å². The molecule has 0 amide bonds. The molecule has 0 unspecified atom stereocenters. The van der Waals surface area contributed by atoms with Crippen molar-refractivity contribution in [3.63, 3.8) is 0 Å². The van der Waals surface area contributed by atoms with E-state index in [1.807, 2.05) is 36.4 Å². The molecule has 0 atom stereocenters. The number of nitrogens with zero attached hydrogens (tertiary/aromatic N) is 5. The van der Waals surface area contributed by atoms with Crippen LogP contribution in [0.1, 0.15) is 0 Å². The van der Waals surface area contributed by atoms with Crippen LogP contribution >= 0.6 is 11.3 Å². The van der Waals surface area contributed by atoms with E-state index in [-0.39, 0.29) is 0 Å².